The Morgan fingerprint density at radius 2 is 1.82 bits per heavy atom. The van der Waals surface area contributed by atoms with E-state index in [9.17, 15) is 14.4 Å². The first-order valence-corrected chi connectivity index (χ1v) is 13.2. The van der Waals surface area contributed by atoms with Crippen molar-refractivity contribution in [3.63, 3.8) is 0 Å². The summed E-state index contributed by atoms with van der Waals surface area (Å²) in [6.45, 7) is 5.17. The van der Waals surface area contributed by atoms with Crippen LogP contribution in [0.1, 0.15) is 43.7 Å². The number of nitrogens with two attached hydrogens (primary N) is 1. The van der Waals surface area contributed by atoms with E-state index < -0.39 is 22.7 Å². The van der Waals surface area contributed by atoms with E-state index >= 15 is 0 Å². The molecule has 0 radical (unpaired) electrons. The number of carbonyl (C=O) groups is 3. The van der Waals surface area contributed by atoms with Crippen LogP contribution in [-0.2, 0) is 25.7 Å². The first-order chi connectivity index (χ1) is 18.1. The zero-order chi connectivity index (χ0) is 27.5. The van der Waals surface area contributed by atoms with E-state index in [1.807, 2.05) is 49.5 Å². The van der Waals surface area contributed by atoms with Crippen LogP contribution in [0.5, 0.6) is 5.75 Å². The molecule has 2 saturated heterocycles. The fourth-order valence-corrected chi connectivity index (χ4v) is 5.90. The van der Waals surface area contributed by atoms with E-state index in [1.54, 1.807) is 30.8 Å². The fraction of sp³-hybridized carbons (Fsp3) is 0.500. The molecule has 0 saturated carbocycles. The number of hydrogen-bond acceptors (Lipinski definition) is 5. The lowest BCUT2D eigenvalue weighted by molar-refractivity contribution is -0.154. The highest BCUT2D eigenvalue weighted by molar-refractivity contribution is 5.91. The van der Waals surface area contributed by atoms with Crippen LogP contribution < -0.4 is 10.5 Å². The number of primary amides is 1. The van der Waals surface area contributed by atoms with Gasteiger partial charge in [0.25, 0.3) is 0 Å². The molecule has 0 aromatic heterocycles. The Morgan fingerprint density at radius 3 is 2.45 bits per heavy atom. The summed E-state index contributed by atoms with van der Waals surface area (Å²) in [4.78, 5) is 43.6. The number of nitrogens with zero attached hydrogens (tertiary/aromatic N) is 2. The van der Waals surface area contributed by atoms with Crippen LogP contribution in [0.25, 0.3) is 0 Å². The molecule has 2 aliphatic heterocycles. The molecule has 3 atom stereocenters. The summed E-state index contributed by atoms with van der Waals surface area (Å²) in [5.41, 5.74) is 5.99. The summed E-state index contributed by atoms with van der Waals surface area (Å²) >= 11 is 0. The number of amides is 3. The second kappa shape index (κ2) is 11.2. The summed E-state index contributed by atoms with van der Waals surface area (Å²) < 4.78 is 11.2. The van der Waals surface area contributed by atoms with Crippen LogP contribution in [-0.4, -0.2) is 67.9 Å². The van der Waals surface area contributed by atoms with Crippen molar-refractivity contribution in [2.24, 2.45) is 22.5 Å². The molecule has 2 fully saturated rings. The number of likely N-dealkylation sites (tertiary alicyclic amines) is 2. The number of carbonyl (C=O) groups excluding carboxylic acids is 3. The van der Waals surface area contributed by atoms with Crippen LogP contribution in [0.4, 0.5) is 0 Å². The summed E-state index contributed by atoms with van der Waals surface area (Å²) in [6, 6.07) is 17.6. The summed E-state index contributed by atoms with van der Waals surface area (Å²) in [7, 11) is 3.44. The van der Waals surface area contributed by atoms with Crippen LogP contribution in [0.2, 0.25) is 0 Å². The van der Waals surface area contributed by atoms with Crippen molar-refractivity contribution in [1.29, 1.82) is 0 Å². The van der Waals surface area contributed by atoms with E-state index in [4.69, 9.17) is 15.2 Å². The van der Waals surface area contributed by atoms with Gasteiger partial charge in [0.1, 0.15) is 5.75 Å². The minimum absolute atomic E-state index is 0.00859. The molecule has 0 bridgehead atoms. The van der Waals surface area contributed by atoms with Gasteiger partial charge in [0.15, 0.2) is 0 Å². The smallest absolute Gasteiger partial charge is 0.231 e. The average molecular weight is 522 g/mol. The summed E-state index contributed by atoms with van der Waals surface area (Å²) in [6.07, 6.45) is 1.43. The summed E-state index contributed by atoms with van der Waals surface area (Å²) in [5, 5.41) is 0. The van der Waals surface area contributed by atoms with Gasteiger partial charge in [0, 0.05) is 32.6 Å². The minimum Gasteiger partial charge on any atom is -0.497 e. The molecule has 2 aromatic carbocycles. The van der Waals surface area contributed by atoms with Crippen LogP contribution >= 0.6 is 0 Å². The standard InChI is InChI=1S/C30H39N3O5/c1-29(2,27(31)35)25(19-38-18-21-11-13-23(37-4)14-12-21)26(34)33-16-8-15-30(20-33)24(17-32(3)28(30)36)22-9-6-5-7-10-22/h5-7,9-14,24-25H,8,15-20H2,1-4H3,(H2,31,35)/t24?,25-,30?/m1/s1. The van der Waals surface area contributed by atoms with Crippen molar-refractivity contribution in [3.05, 3.63) is 65.7 Å². The van der Waals surface area contributed by atoms with E-state index in [1.165, 1.54) is 0 Å². The molecule has 2 N–H and O–H groups in total. The van der Waals surface area contributed by atoms with E-state index in [2.05, 4.69) is 12.1 Å². The first-order valence-electron chi connectivity index (χ1n) is 13.2. The monoisotopic (exact) mass is 521 g/mol. The molecule has 8 nitrogen and oxygen atoms in total. The molecule has 204 valence electrons. The molecule has 2 unspecified atom stereocenters. The molecule has 8 heteroatoms. The molecule has 0 aliphatic carbocycles. The van der Waals surface area contributed by atoms with Crippen LogP contribution in [0, 0.1) is 16.7 Å². The largest absolute Gasteiger partial charge is 0.497 e. The average Bonchev–Trinajstić information content (AvgIpc) is 3.16. The van der Waals surface area contributed by atoms with Gasteiger partial charge in [-0.3, -0.25) is 14.4 Å². The lowest BCUT2D eigenvalue weighted by atomic mass is 9.68. The maximum Gasteiger partial charge on any atom is 0.231 e. The molecule has 38 heavy (non-hydrogen) atoms. The van der Waals surface area contributed by atoms with E-state index in [-0.39, 0.29) is 30.9 Å². The maximum absolute atomic E-state index is 14.0. The van der Waals surface area contributed by atoms with Crippen molar-refractivity contribution in [2.75, 3.05) is 40.4 Å². The number of ether oxygens (including phenoxy) is 2. The maximum atomic E-state index is 14.0. The Balaban J connectivity index is 1.55. The number of piperidine rings is 1. The Morgan fingerprint density at radius 1 is 1.13 bits per heavy atom. The van der Waals surface area contributed by atoms with Gasteiger partial charge in [-0.1, -0.05) is 56.3 Å². The number of methoxy groups -OCH3 is 1. The van der Waals surface area contributed by atoms with Crippen LogP contribution in [0.3, 0.4) is 0 Å². The fourth-order valence-electron chi connectivity index (χ4n) is 5.90. The molecule has 2 aliphatic rings. The highest BCUT2D eigenvalue weighted by atomic mass is 16.5. The predicted molar refractivity (Wildman–Crippen MR) is 144 cm³/mol. The molecule has 2 heterocycles. The van der Waals surface area contributed by atoms with Gasteiger partial charge < -0.3 is 25.0 Å². The van der Waals surface area contributed by atoms with Crippen molar-refractivity contribution in [2.45, 2.75) is 39.2 Å². The lowest BCUT2D eigenvalue weighted by Gasteiger charge is -2.44. The minimum atomic E-state index is -1.13. The van der Waals surface area contributed by atoms with Gasteiger partial charge in [-0.15, -0.1) is 0 Å². The predicted octanol–water partition coefficient (Wildman–Crippen LogP) is 3.20. The number of likely N-dealkylation sites (N-methyl/N-ethyl adjacent to an activating group) is 1. The SMILES string of the molecule is COc1ccc(COC[C@H](C(=O)N2CCCC3(C2)C(=O)N(C)CC3c2ccccc2)C(C)(C)C(N)=O)cc1. The third kappa shape index (κ3) is 5.27. The molecule has 1 spiro atoms. The van der Waals surface area contributed by atoms with Gasteiger partial charge in [-0.25, -0.2) is 0 Å². The van der Waals surface area contributed by atoms with Gasteiger partial charge in [0.05, 0.1) is 37.1 Å². The number of rotatable bonds is 9. The van der Waals surface area contributed by atoms with Gasteiger partial charge >= 0.3 is 0 Å². The second-order valence-electron chi connectivity index (χ2n) is 11.2. The quantitative estimate of drug-likeness (QED) is 0.546. The molecular formula is C30H39N3O5. The molecule has 2 aromatic rings. The Hall–Kier alpha value is -3.39. The van der Waals surface area contributed by atoms with Crippen molar-refractivity contribution < 1.29 is 23.9 Å². The van der Waals surface area contributed by atoms with E-state index in [0.717, 1.165) is 23.3 Å². The molecule has 4 rings (SSSR count). The van der Waals surface area contributed by atoms with Crippen molar-refractivity contribution in [1.82, 2.24) is 9.80 Å². The third-order valence-corrected chi connectivity index (χ3v) is 8.45. The summed E-state index contributed by atoms with van der Waals surface area (Å²) in [5.74, 6) is -0.725. The van der Waals surface area contributed by atoms with Crippen LogP contribution in [0.15, 0.2) is 54.6 Å². The first kappa shape index (κ1) is 27.6. The van der Waals surface area contributed by atoms with Crippen molar-refractivity contribution >= 4 is 17.7 Å². The zero-order valence-corrected chi connectivity index (χ0v) is 22.8. The second-order valence-corrected chi connectivity index (χ2v) is 11.2. The topological polar surface area (TPSA) is 102 Å². The van der Waals surface area contributed by atoms with Crippen molar-refractivity contribution in [3.8, 4) is 5.75 Å². The number of benzene rings is 2. The zero-order valence-electron chi connectivity index (χ0n) is 22.8. The Bertz CT molecular complexity index is 1150. The highest BCUT2D eigenvalue weighted by Crippen LogP contribution is 2.49. The highest BCUT2D eigenvalue weighted by Gasteiger charge is 2.56. The van der Waals surface area contributed by atoms with Gasteiger partial charge in [-0.2, -0.15) is 0 Å². The molecular weight excluding hydrogens is 482 g/mol. The third-order valence-electron chi connectivity index (χ3n) is 8.45. The number of hydrogen-bond donors (Lipinski definition) is 1. The van der Waals surface area contributed by atoms with Gasteiger partial charge in [0.2, 0.25) is 17.7 Å². The molecule has 3 amide bonds. The lowest BCUT2D eigenvalue weighted by Crippen LogP contribution is -2.56. The Kier molecular flexibility index (Phi) is 8.11. The van der Waals surface area contributed by atoms with Gasteiger partial charge in [-0.05, 0) is 36.1 Å². The van der Waals surface area contributed by atoms with E-state index in [0.29, 0.717) is 26.1 Å². The Labute approximate surface area is 225 Å². The normalized spacial score (nSPS) is 22.5.